The number of nitrogens with zero attached hydrogens (tertiary/aromatic N) is 2. The number of thiazole rings is 2. The van der Waals surface area contributed by atoms with E-state index in [-0.39, 0.29) is 5.15 Å². The lowest BCUT2D eigenvalue weighted by Crippen LogP contribution is -1.78. The van der Waals surface area contributed by atoms with Crippen LogP contribution in [0.5, 0.6) is 0 Å². The molecular formula is C14H9ClN2OS3. The lowest BCUT2D eigenvalue weighted by Gasteiger charge is -1.96. The standard InChI is InChI=1S/C14H9ClN2OS3/c1-8-2-4-9(5-3-8)10-7-19-13(16-10)21-14-17-12(15)11(6-18)20-14/h2-7H,1H3. The summed E-state index contributed by atoms with van der Waals surface area (Å²) in [6, 6.07) is 8.25. The molecule has 0 bridgehead atoms. The molecule has 0 saturated carbocycles. The molecule has 3 rings (SSSR count). The average molecular weight is 353 g/mol. The third kappa shape index (κ3) is 3.35. The highest BCUT2D eigenvalue weighted by molar-refractivity contribution is 8.02. The third-order valence-corrected chi connectivity index (χ3v) is 6.08. The van der Waals surface area contributed by atoms with Gasteiger partial charge < -0.3 is 0 Å². The van der Waals surface area contributed by atoms with Crippen LogP contribution in [0.3, 0.4) is 0 Å². The van der Waals surface area contributed by atoms with Crippen LogP contribution < -0.4 is 0 Å². The van der Waals surface area contributed by atoms with Crippen LogP contribution in [0.4, 0.5) is 0 Å². The molecule has 0 N–H and O–H groups in total. The van der Waals surface area contributed by atoms with Crippen molar-refractivity contribution in [1.29, 1.82) is 0 Å². The number of halogens is 1. The number of aromatic nitrogens is 2. The molecule has 7 heteroatoms. The van der Waals surface area contributed by atoms with Gasteiger partial charge in [0.2, 0.25) is 0 Å². The van der Waals surface area contributed by atoms with Crippen LogP contribution in [0, 0.1) is 6.92 Å². The Morgan fingerprint density at radius 1 is 1.19 bits per heavy atom. The maximum atomic E-state index is 10.8. The molecule has 0 aliphatic carbocycles. The van der Waals surface area contributed by atoms with Gasteiger partial charge in [0.05, 0.1) is 5.69 Å². The molecule has 0 saturated heterocycles. The number of hydrogen-bond acceptors (Lipinski definition) is 6. The Bertz CT molecular complexity index is 780. The summed E-state index contributed by atoms with van der Waals surface area (Å²) in [5.41, 5.74) is 3.26. The smallest absolute Gasteiger partial charge is 0.163 e. The Labute approximate surface area is 139 Å². The van der Waals surface area contributed by atoms with E-state index in [1.54, 1.807) is 11.3 Å². The van der Waals surface area contributed by atoms with Crippen molar-refractivity contribution in [3.8, 4) is 11.3 Å². The van der Waals surface area contributed by atoms with Crippen molar-refractivity contribution in [2.75, 3.05) is 0 Å². The topological polar surface area (TPSA) is 42.9 Å². The molecule has 0 spiro atoms. The summed E-state index contributed by atoms with van der Waals surface area (Å²) in [5, 5.41) is 2.27. The number of hydrogen-bond donors (Lipinski definition) is 0. The zero-order valence-electron chi connectivity index (χ0n) is 10.9. The second-order valence-electron chi connectivity index (χ2n) is 4.22. The van der Waals surface area contributed by atoms with Gasteiger partial charge in [0.15, 0.2) is 20.1 Å². The summed E-state index contributed by atoms with van der Waals surface area (Å²) in [7, 11) is 0. The van der Waals surface area contributed by atoms with E-state index >= 15 is 0 Å². The monoisotopic (exact) mass is 352 g/mol. The maximum Gasteiger partial charge on any atom is 0.163 e. The molecule has 0 aliphatic rings. The minimum absolute atomic E-state index is 0.257. The molecule has 0 fully saturated rings. The van der Waals surface area contributed by atoms with Crippen molar-refractivity contribution >= 4 is 52.3 Å². The van der Waals surface area contributed by atoms with Crippen molar-refractivity contribution in [2.45, 2.75) is 15.6 Å². The van der Waals surface area contributed by atoms with E-state index in [2.05, 4.69) is 41.2 Å². The predicted molar refractivity (Wildman–Crippen MR) is 88.9 cm³/mol. The molecule has 0 aliphatic heterocycles. The fourth-order valence-corrected chi connectivity index (χ4v) is 4.88. The molecule has 3 aromatic rings. The Morgan fingerprint density at radius 2 is 1.95 bits per heavy atom. The molecule has 3 nitrogen and oxygen atoms in total. The molecule has 0 radical (unpaired) electrons. The van der Waals surface area contributed by atoms with Gasteiger partial charge in [0.25, 0.3) is 0 Å². The first-order chi connectivity index (χ1) is 10.2. The largest absolute Gasteiger partial charge is 0.297 e. The second kappa shape index (κ2) is 6.27. The van der Waals surface area contributed by atoms with Crippen molar-refractivity contribution in [1.82, 2.24) is 9.97 Å². The van der Waals surface area contributed by atoms with Gasteiger partial charge in [-0.05, 0) is 18.7 Å². The van der Waals surface area contributed by atoms with E-state index in [1.165, 1.54) is 28.7 Å². The average Bonchev–Trinajstić information content (AvgIpc) is 3.07. The molecule has 0 atom stereocenters. The molecular weight excluding hydrogens is 344 g/mol. The van der Waals surface area contributed by atoms with Crippen molar-refractivity contribution in [2.24, 2.45) is 0 Å². The summed E-state index contributed by atoms with van der Waals surface area (Å²) in [6.45, 7) is 2.06. The number of aldehydes is 1. The molecule has 2 aromatic heterocycles. The van der Waals surface area contributed by atoms with Crippen LogP contribution in [0.2, 0.25) is 5.15 Å². The SMILES string of the molecule is Cc1ccc(-c2csc(Sc3nc(Cl)c(C=O)s3)n2)cc1. The lowest BCUT2D eigenvalue weighted by atomic mass is 10.1. The Morgan fingerprint density at radius 3 is 2.62 bits per heavy atom. The second-order valence-corrected chi connectivity index (χ2v) is 7.96. The molecule has 1 aromatic carbocycles. The van der Waals surface area contributed by atoms with E-state index in [4.69, 9.17) is 11.6 Å². The Hall–Kier alpha value is -1.21. The van der Waals surface area contributed by atoms with Gasteiger partial charge in [0.1, 0.15) is 4.88 Å². The quantitative estimate of drug-likeness (QED) is 0.606. The van der Waals surface area contributed by atoms with Crippen LogP contribution in [-0.4, -0.2) is 16.3 Å². The molecule has 0 amide bonds. The van der Waals surface area contributed by atoms with Gasteiger partial charge in [0, 0.05) is 10.9 Å². The highest BCUT2D eigenvalue weighted by atomic mass is 35.5. The molecule has 106 valence electrons. The number of carbonyl (C=O) groups excluding carboxylic acids is 1. The van der Waals surface area contributed by atoms with Gasteiger partial charge in [-0.25, -0.2) is 9.97 Å². The van der Waals surface area contributed by atoms with Crippen molar-refractivity contribution < 1.29 is 4.79 Å². The zero-order valence-corrected chi connectivity index (χ0v) is 14.1. The van der Waals surface area contributed by atoms with Crippen LogP contribution in [-0.2, 0) is 0 Å². The summed E-state index contributed by atoms with van der Waals surface area (Å²) in [5.74, 6) is 0. The van der Waals surface area contributed by atoms with Crippen LogP contribution in [0.1, 0.15) is 15.2 Å². The van der Waals surface area contributed by atoms with Crippen molar-refractivity contribution in [3.05, 3.63) is 45.2 Å². The summed E-state index contributed by atoms with van der Waals surface area (Å²) in [4.78, 5) is 20.0. The van der Waals surface area contributed by atoms with Gasteiger partial charge >= 0.3 is 0 Å². The number of carbonyl (C=O) groups is 1. The highest BCUT2D eigenvalue weighted by Crippen LogP contribution is 2.37. The van der Waals surface area contributed by atoms with Gasteiger partial charge in [-0.1, -0.05) is 41.4 Å². The first kappa shape index (κ1) is 14.7. The fourth-order valence-electron chi connectivity index (χ4n) is 1.65. The van der Waals surface area contributed by atoms with E-state index < -0.39 is 0 Å². The molecule has 2 heterocycles. The zero-order chi connectivity index (χ0) is 14.8. The van der Waals surface area contributed by atoms with Gasteiger partial charge in [-0.15, -0.1) is 22.7 Å². The van der Waals surface area contributed by atoms with E-state index in [1.807, 2.05) is 5.38 Å². The normalized spacial score (nSPS) is 10.8. The number of rotatable bonds is 4. The minimum Gasteiger partial charge on any atom is -0.297 e. The molecule has 21 heavy (non-hydrogen) atoms. The fraction of sp³-hybridized carbons (Fsp3) is 0.0714. The number of aryl methyl sites for hydroxylation is 1. The lowest BCUT2D eigenvalue weighted by molar-refractivity contribution is 0.112. The van der Waals surface area contributed by atoms with Gasteiger partial charge in [-0.3, -0.25) is 4.79 Å². The van der Waals surface area contributed by atoms with Gasteiger partial charge in [-0.2, -0.15) is 0 Å². The first-order valence-electron chi connectivity index (χ1n) is 5.97. The Balaban J connectivity index is 1.81. The number of benzene rings is 1. The van der Waals surface area contributed by atoms with E-state index in [9.17, 15) is 4.79 Å². The summed E-state index contributed by atoms with van der Waals surface area (Å²) < 4.78 is 1.61. The van der Waals surface area contributed by atoms with Crippen molar-refractivity contribution in [3.63, 3.8) is 0 Å². The van der Waals surface area contributed by atoms with Crippen LogP contribution in [0.25, 0.3) is 11.3 Å². The summed E-state index contributed by atoms with van der Waals surface area (Å²) >= 11 is 10.1. The predicted octanol–water partition coefficient (Wildman–Crippen LogP) is 5.19. The minimum atomic E-state index is 0.257. The first-order valence-corrected chi connectivity index (χ1v) is 8.86. The highest BCUT2D eigenvalue weighted by Gasteiger charge is 2.12. The van der Waals surface area contributed by atoms with E-state index in [0.717, 1.165) is 26.2 Å². The van der Waals surface area contributed by atoms with Crippen LogP contribution in [0.15, 0.2) is 38.3 Å². The molecule has 0 unspecified atom stereocenters. The summed E-state index contributed by atoms with van der Waals surface area (Å²) in [6.07, 6.45) is 0.726. The Kier molecular flexibility index (Phi) is 4.40. The maximum absolute atomic E-state index is 10.8. The third-order valence-electron chi connectivity index (χ3n) is 2.70. The van der Waals surface area contributed by atoms with E-state index in [0.29, 0.717) is 4.88 Å². The van der Waals surface area contributed by atoms with Crippen LogP contribution >= 0.6 is 46.0 Å².